The lowest BCUT2D eigenvalue weighted by Crippen LogP contribution is -2.57. The first-order valence-corrected chi connectivity index (χ1v) is 14.2. The molecule has 0 radical (unpaired) electrons. The van der Waals surface area contributed by atoms with Crippen molar-refractivity contribution in [3.63, 3.8) is 0 Å². The maximum Gasteiger partial charge on any atom is 0.341 e. The Morgan fingerprint density at radius 2 is 1.76 bits per heavy atom. The van der Waals surface area contributed by atoms with Crippen molar-refractivity contribution in [2.24, 2.45) is 23.2 Å². The summed E-state index contributed by atoms with van der Waals surface area (Å²) in [5, 5.41) is 8.53. The van der Waals surface area contributed by atoms with Crippen molar-refractivity contribution >= 4 is 39.6 Å². The smallest absolute Gasteiger partial charge is 0.341 e. The SMILES string of the molecule is CCCC(NC(=S)Nc1sc(-c2ccccc2)cc1C(=O)OCC)C12CC3CC(CC(C3)C1)C2. The number of hydrogen-bond donors (Lipinski definition) is 2. The fraction of sp³-hybridized carbons (Fsp3) is 0.571. The lowest BCUT2D eigenvalue weighted by Gasteiger charge is -2.59. The Hall–Kier alpha value is -1.92. The second-order valence-corrected chi connectivity index (χ2v) is 12.1. The van der Waals surface area contributed by atoms with E-state index in [4.69, 9.17) is 17.0 Å². The highest BCUT2D eigenvalue weighted by atomic mass is 32.1. The molecule has 4 aliphatic carbocycles. The second-order valence-electron chi connectivity index (χ2n) is 10.7. The monoisotopic (exact) mass is 496 g/mol. The summed E-state index contributed by atoms with van der Waals surface area (Å²) in [4.78, 5) is 13.8. The standard InChI is InChI=1S/C28H36N2O2S2/c1-3-8-24(28-15-18-11-19(16-28)13-20(12-18)17-28)29-27(33)30-25-22(26(31)32-4-2)14-23(34-25)21-9-6-5-7-10-21/h5-7,9-10,14,18-20,24H,3-4,8,11-13,15-17H2,1-2H3,(H2,29,30,33). The van der Waals surface area contributed by atoms with Crippen LogP contribution in [0.2, 0.25) is 0 Å². The number of carbonyl (C=O) groups is 1. The van der Waals surface area contributed by atoms with Gasteiger partial charge in [-0.15, -0.1) is 11.3 Å². The Balaban J connectivity index is 1.35. The molecular formula is C28H36N2O2S2. The first-order valence-electron chi connectivity index (χ1n) is 12.9. The lowest BCUT2D eigenvalue weighted by molar-refractivity contribution is -0.0718. The Morgan fingerprint density at radius 1 is 1.12 bits per heavy atom. The fourth-order valence-corrected chi connectivity index (χ4v) is 8.68. The van der Waals surface area contributed by atoms with Crippen molar-refractivity contribution in [1.29, 1.82) is 0 Å². The van der Waals surface area contributed by atoms with Gasteiger partial charge < -0.3 is 15.4 Å². The largest absolute Gasteiger partial charge is 0.462 e. The highest BCUT2D eigenvalue weighted by molar-refractivity contribution is 7.80. The summed E-state index contributed by atoms with van der Waals surface area (Å²) in [6, 6.07) is 12.5. The van der Waals surface area contributed by atoms with Crippen LogP contribution in [0.15, 0.2) is 36.4 Å². The highest BCUT2D eigenvalue weighted by Crippen LogP contribution is 2.61. The zero-order valence-corrected chi connectivity index (χ0v) is 21.9. The zero-order valence-electron chi connectivity index (χ0n) is 20.3. The van der Waals surface area contributed by atoms with Gasteiger partial charge in [-0.2, -0.15) is 0 Å². The fourth-order valence-electron chi connectivity index (χ4n) is 7.31. The van der Waals surface area contributed by atoms with E-state index < -0.39 is 0 Å². The van der Waals surface area contributed by atoms with Crippen LogP contribution in [-0.4, -0.2) is 23.7 Å². The van der Waals surface area contributed by atoms with Crippen molar-refractivity contribution in [3.05, 3.63) is 42.0 Å². The van der Waals surface area contributed by atoms with Crippen molar-refractivity contribution < 1.29 is 9.53 Å². The number of hydrogen-bond acceptors (Lipinski definition) is 4. The van der Waals surface area contributed by atoms with Crippen LogP contribution in [0.5, 0.6) is 0 Å². The number of rotatable bonds is 8. The van der Waals surface area contributed by atoms with Gasteiger partial charge in [0.15, 0.2) is 5.11 Å². The van der Waals surface area contributed by atoms with Crippen LogP contribution >= 0.6 is 23.6 Å². The maximum absolute atomic E-state index is 12.7. The molecule has 6 heteroatoms. The Morgan fingerprint density at radius 3 is 2.35 bits per heavy atom. The van der Waals surface area contributed by atoms with Gasteiger partial charge in [0.05, 0.1) is 12.2 Å². The number of benzene rings is 1. The molecule has 34 heavy (non-hydrogen) atoms. The number of esters is 1. The zero-order chi connectivity index (χ0) is 23.7. The van der Waals surface area contributed by atoms with Crippen LogP contribution in [0.3, 0.4) is 0 Å². The van der Waals surface area contributed by atoms with Crippen LogP contribution in [0.1, 0.15) is 75.6 Å². The molecule has 4 aliphatic rings. The second kappa shape index (κ2) is 9.98. The molecule has 1 heterocycles. The van der Waals surface area contributed by atoms with Gasteiger partial charge in [-0.3, -0.25) is 0 Å². The van der Waals surface area contributed by atoms with E-state index in [1.54, 1.807) is 11.3 Å². The number of thiophene rings is 1. The van der Waals surface area contributed by atoms with Gasteiger partial charge >= 0.3 is 5.97 Å². The summed E-state index contributed by atoms with van der Waals surface area (Å²) in [5.41, 5.74) is 2.02. The molecule has 0 saturated heterocycles. The van der Waals surface area contributed by atoms with Gasteiger partial charge in [0.25, 0.3) is 0 Å². The Labute approximate surface area is 212 Å². The van der Waals surface area contributed by atoms with Crippen molar-refractivity contribution in [3.8, 4) is 10.4 Å². The number of anilines is 1. The van der Waals surface area contributed by atoms with Crippen LogP contribution in [0.25, 0.3) is 10.4 Å². The van der Waals surface area contributed by atoms with Crippen molar-refractivity contribution in [2.75, 3.05) is 11.9 Å². The maximum atomic E-state index is 12.7. The minimum Gasteiger partial charge on any atom is -0.462 e. The molecule has 4 saturated carbocycles. The molecule has 4 fully saturated rings. The van der Waals surface area contributed by atoms with Gasteiger partial charge in [0, 0.05) is 10.9 Å². The number of nitrogens with one attached hydrogen (secondary N) is 2. The lowest BCUT2D eigenvalue weighted by atomic mass is 9.47. The highest BCUT2D eigenvalue weighted by Gasteiger charge is 2.54. The molecule has 2 N–H and O–H groups in total. The van der Waals surface area contributed by atoms with Crippen molar-refractivity contribution in [2.45, 2.75) is 71.3 Å². The van der Waals surface area contributed by atoms with E-state index in [-0.39, 0.29) is 5.97 Å². The van der Waals surface area contributed by atoms with E-state index in [2.05, 4.69) is 29.7 Å². The van der Waals surface area contributed by atoms with Gasteiger partial charge in [0.2, 0.25) is 0 Å². The normalized spacial score (nSPS) is 27.9. The molecule has 1 atom stereocenters. The van der Waals surface area contributed by atoms with E-state index in [1.807, 2.05) is 31.2 Å². The predicted octanol–water partition coefficient (Wildman–Crippen LogP) is 7.26. The van der Waals surface area contributed by atoms with Crippen LogP contribution in [0, 0.1) is 23.2 Å². The summed E-state index contributed by atoms with van der Waals surface area (Å²) in [6.07, 6.45) is 10.7. The van der Waals surface area contributed by atoms with Crippen molar-refractivity contribution in [1.82, 2.24) is 5.32 Å². The molecule has 0 spiro atoms. The molecule has 1 unspecified atom stereocenters. The average molecular weight is 497 g/mol. The molecular weight excluding hydrogens is 460 g/mol. The molecule has 1 aromatic carbocycles. The molecule has 4 nitrogen and oxygen atoms in total. The average Bonchev–Trinajstić information content (AvgIpc) is 3.22. The van der Waals surface area contributed by atoms with Gasteiger partial charge in [-0.05, 0) is 98.9 Å². The summed E-state index contributed by atoms with van der Waals surface area (Å²) < 4.78 is 5.35. The third-order valence-corrected chi connectivity index (χ3v) is 9.54. The Bertz CT molecular complexity index is 997. The van der Waals surface area contributed by atoms with Gasteiger partial charge in [0.1, 0.15) is 5.00 Å². The number of ether oxygens (including phenoxy) is 1. The van der Waals surface area contributed by atoms with Gasteiger partial charge in [-0.25, -0.2) is 4.79 Å². The molecule has 6 rings (SSSR count). The summed E-state index contributed by atoms with van der Waals surface area (Å²) in [7, 11) is 0. The van der Waals surface area contributed by atoms with E-state index in [0.29, 0.717) is 28.7 Å². The molecule has 1 aromatic heterocycles. The minimum atomic E-state index is -0.308. The minimum absolute atomic E-state index is 0.308. The van der Waals surface area contributed by atoms with Crippen LogP contribution < -0.4 is 10.6 Å². The predicted molar refractivity (Wildman–Crippen MR) is 144 cm³/mol. The summed E-state index contributed by atoms with van der Waals surface area (Å²) in [5.74, 6) is 2.43. The van der Waals surface area contributed by atoms with E-state index in [9.17, 15) is 4.79 Å². The summed E-state index contributed by atoms with van der Waals surface area (Å²) >= 11 is 7.41. The van der Waals surface area contributed by atoms with E-state index in [0.717, 1.165) is 46.0 Å². The van der Waals surface area contributed by atoms with Crippen LogP contribution in [0.4, 0.5) is 5.00 Å². The molecule has 0 amide bonds. The third-order valence-electron chi connectivity index (χ3n) is 8.22. The summed E-state index contributed by atoms with van der Waals surface area (Å²) in [6.45, 7) is 4.46. The quantitative estimate of drug-likeness (QED) is 0.297. The molecule has 4 bridgehead atoms. The first-order chi connectivity index (χ1) is 16.5. The first kappa shape index (κ1) is 23.8. The van der Waals surface area contributed by atoms with E-state index in [1.165, 1.54) is 38.5 Å². The molecule has 182 valence electrons. The number of carbonyl (C=O) groups excluding carboxylic acids is 1. The molecule has 0 aliphatic heterocycles. The van der Waals surface area contributed by atoms with E-state index >= 15 is 0 Å². The Kier molecular flexibility index (Phi) is 6.99. The van der Waals surface area contributed by atoms with Crippen LogP contribution in [-0.2, 0) is 4.74 Å². The number of thiocarbonyl (C=S) groups is 1. The van der Waals surface area contributed by atoms with Gasteiger partial charge in [-0.1, -0.05) is 43.7 Å². The third kappa shape index (κ3) is 4.76. The topological polar surface area (TPSA) is 50.4 Å². The molecule has 2 aromatic rings.